The van der Waals surface area contributed by atoms with Crippen LogP contribution in [0.2, 0.25) is 0 Å². The molecule has 0 saturated carbocycles. The number of hydrogen-bond acceptors (Lipinski definition) is 5. The van der Waals surface area contributed by atoms with Crippen molar-refractivity contribution in [2.75, 3.05) is 70.0 Å². The predicted molar refractivity (Wildman–Crippen MR) is 109 cm³/mol. The van der Waals surface area contributed by atoms with E-state index in [1.807, 2.05) is 13.8 Å². The lowest BCUT2D eigenvalue weighted by atomic mass is 9.96. The monoisotopic (exact) mass is 450 g/mol. The van der Waals surface area contributed by atoms with Crippen molar-refractivity contribution in [3.8, 4) is 0 Å². The van der Waals surface area contributed by atoms with E-state index in [0.717, 1.165) is 43.2 Å². The molecule has 0 aromatic rings. The van der Waals surface area contributed by atoms with Crippen LogP contribution in [-0.4, -0.2) is 90.5 Å². The van der Waals surface area contributed by atoms with E-state index in [2.05, 4.69) is 42.6 Å². The number of alkyl halides is 1. The third-order valence-corrected chi connectivity index (χ3v) is 5.95. The molecule has 0 atom stereocenters. The summed E-state index contributed by atoms with van der Waals surface area (Å²) in [5.41, 5.74) is 0. The van der Waals surface area contributed by atoms with Gasteiger partial charge in [0.25, 0.3) is 0 Å². The Labute approximate surface area is 161 Å². The van der Waals surface area contributed by atoms with E-state index in [0.29, 0.717) is 12.3 Å². The quantitative estimate of drug-likeness (QED) is 0.250. The maximum atomic E-state index is 11.9. The van der Waals surface area contributed by atoms with Crippen molar-refractivity contribution in [1.29, 1.82) is 0 Å². The molecule has 140 valence electrons. The van der Waals surface area contributed by atoms with Gasteiger partial charge in [-0.3, -0.25) is 9.69 Å². The summed E-state index contributed by atoms with van der Waals surface area (Å²) in [6.45, 7) is 15.1. The van der Waals surface area contributed by atoms with Crippen LogP contribution >= 0.6 is 22.6 Å². The molecular weight excluding hydrogens is 415 g/mol. The van der Waals surface area contributed by atoms with Crippen molar-refractivity contribution in [3.05, 3.63) is 0 Å². The summed E-state index contributed by atoms with van der Waals surface area (Å²) < 4.78 is 1.04. The van der Waals surface area contributed by atoms with Crippen LogP contribution in [0, 0.1) is 11.8 Å². The van der Waals surface area contributed by atoms with Crippen molar-refractivity contribution >= 4 is 28.4 Å². The van der Waals surface area contributed by atoms with Gasteiger partial charge in [0.2, 0.25) is 0 Å². The van der Waals surface area contributed by atoms with Crippen molar-refractivity contribution in [2.45, 2.75) is 26.7 Å². The largest absolute Gasteiger partial charge is 0.307 e. The predicted octanol–water partition coefficient (Wildman–Crippen LogP) is 1.52. The second kappa shape index (κ2) is 11.1. The number of halogens is 1. The molecule has 0 unspecified atom stereocenters. The van der Waals surface area contributed by atoms with Gasteiger partial charge in [-0.2, -0.15) is 0 Å². The van der Waals surface area contributed by atoms with Crippen molar-refractivity contribution in [2.24, 2.45) is 11.8 Å². The summed E-state index contributed by atoms with van der Waals surface area (Å²) in [5, 5.41) is 3.41. The molecule has 2 heterocycles. The Balaban J connectivity index is 1.58. The van der Waals surface area contributed by atoms with Gasteiger partial charge in [0, 0.05) is 56.3 Å². The number of carbonyl (C=O) groups excluding carboxylic acids is 1. The van der Waals surface area contributed by atoms with E-state index >= 15 is 0 Å². The maximum absolute atomic E-state index is 11.9. The number of carbonyl (C=O) groups is 1. The standard InChI is InChI=1S/C18H35IN4O/c1-16(2)18(24)14-23-11-9-22(10-12-23)13-17-3-6-21(7-4-17)8-5-20-15-19/h16-17,20H,3-15H2,1-2H3. The Morgan fingerprint density at radius 3 is 2.25 bits per heavy atom. The van der Waals surface area contributed by atoms with Crippen LogP contribution in [0.1, 0.15) is 26.7 Å². The molecule has 0 aromatic carbocycles. The Morgan fingerprint density at radius 2 is 1.67 bits per heavy atom. The molecule has 2 aliphatic heterocycles. The smallest absolute Gasteiger partial charge is 0.149 e. The summed E-state index contributed by atoms with van der Waals surface area (Å²) >= 11 is 2.37. The summed E-state index contributed by atoms with van der Waals surface area (Å²) in [4.78, 5) is 19.4. The molecule has 0 amide bonds. The highest BCUT2D eigenvalue weighted by molar-refractivity contribution is 14.1. The third kappa shape index (κ3) is 7.23. The molecule has 2 rings (SSSR count). The fourth-order valence-corrected chi connectivity index (χ4v) is 3.98. The second-order valence-electron chi connectivity index (χ2n) is 7.62. The first-order valence-corrected chi connectivity index (χ1v) is 11.1. The van der Waals surface area contributed by atoms with Crippen LogP contribution in [0.3, 0.4) is 0 Å². The Hall–Kier alpha value is 0.240. The van der Waals surface area contributed by atoms with Crippen molar-refractivity contribution in [3.63, 3.8) is 0 Å². The number of rotatable bonds is 9. The highest BCUT2D eigenvalue weighted by Crippen LogP contribution is 2.19. The van der Waals surface area contributed by atoms with Gasteiger partial charge in [-0.15, -0.1) is 0 Å². The first-order valence-electron chi connectivity index (χ1n) is 9.55. The lowest BCUT2D eigenvalue weighted by molar-refractivity contribution is -0.123. The van der Waals surface area contributed by atoms with E-state index in [4.69, 9.17) is 0 Å². The average Bonchev–Trinajstić information content (AvgIpc) is 2.58. The Kier molecular flexibility index (Phi) is 9.47. The lowest BCUT2D eigenvalue weighted by Crippen LogP contribution is -2.50. The molecule has 6 heteroatoms. The molecule has 0 spiro atoms. The van der Waals surface area contributed by atoms with Crippen LogP contribution in [-0.2, 0) is 4.79 Å². The van der Waals surface area contributed by atoms with Crippen molar-refractivity contribution in [1.82, 2.24) is 20.0 Å². The number of Topliss-reactive ketones (excluding diaryl/α,β-unsaturated/α-hetero) is 1. The molecule has 0 aromatic heterocycles. The fraction of sp³-hybridized carbons (Fsp3) is 0.944. The van der Waals surface area contributed by atoms with Crippen LogP contribution < -0.4 is 5.32 Å². The van der Waals surface area contributed by atoms with Gasteiger partial charge in [0.1, 0.15) is 5.78 Å². The van der Waals surface area contributed by atoms with Crippen LogP contribution in [0.4, 0.5) is 0 Å². The number of nitrogens with zero attached hydrogens (tertiary/aromatic N) is 3. The number of hydrogen-bond donors (Lipinski definition) is 1. The highest BCUT2D eigenvalue weighted by Gasteiger charge is 2.24. The van der Waals surface area contributed by atoms with E-state index in [1.54, 1.807) is 0 Å². The lowest BCUT2D eigenvalue weighted by Gasteiger charge is -2.38. The number of piperidine rings is 1. The average molecular weight is 450 g/mol. The van der Waals surface area contributed by atoms with E-state index in [1.165, 1.54) is 39.0 Å². The normalized spacial score (nSPS) is 22.3. The molecule has 0 radical (unpaired) electrons. The topological polar surface area (TPSA) is 38.8 Å². The first-order chi connectivity index (χ1) is 11.6. The molecule has 2 fully saturated rings. The first kappa shape index (κ1) is 20.6. The Bertz CT molecular complexity index is 364. The van der Waals surface area contributed by atoms with E-state index in [9.17, 15) is 4.79 Å². The molecule has 2 aliphatic rings. The molecule has 5 nitrogen and oxygen atoms in total. The molecule has 0 bridgehead atoms. The number of likely N-dealkylation sites (tertiary alicyclic amines) is 1. The number of ketones is 1. The summed E-state index contributed by atoms with van der Waals surface area (Å²) in [5.74, 6) is 1.41. The molecular formula is C18H35IN4O. The highest BCUT2D eigenvalue weighted by atomic mass is 127. The van der Waals surface area contributed by atoms with Gasteiger partial charge in [-0.05, 0) is 31.8 Å². The van der Waals surface area contributed by atoms with Crippen LogP contribution in [0.15, 0.2) is 0 Å². The SMILES string of the molecule is CC(C)C(=O)CN1CCN(CC2CCN(CCNCI)CC2)CC1. The summed E-state index contributed by atoms with van der Waals surface area (Å²) in [7, 11) is 0. The molecule has 24 heavy (non-hydrogen) atoms. The maximum Gasteiger partial charge on any atom is 0.149 e. The number of piperazine rings is 1. The minimum Gasteiger partial charge on any atom is -0.307 e. The van der Waals surface area contributed by atoms with Gasteiger partial charge in [0.05, 0.1) is 6.54 Å². The van der Waals surface area contributed by atoms with E-state index in [-0.39, 0.29) is 5.92 Å². The fourth-order valence-electron chi connectivity index (χ4n) is 3.59. The molecule has 2 saturated heterocycles. The van der Waals surface area contributed by atoms with Gasteiger partial charge in [-0.25, -0.2) is 0 Å². The second-order valence-corrected chi connectivity index (χ2v) is 8.38. The van der Waals surface area contributed by atoms with Crippen LogP contribution in [0.25, 0.3) is 0 Å². The van der Waals surface area contributed by atoms with Gasteiger partial charge in [-0.1, -0.05) is 36.4 Å². The van der Waals surface area contributed by atoms with Gasteiger partial charge in [0.15, 0.2) is 0 Å². The van der Waals surface area contributed by atoms with Crippen molar-refractivity contribution < 1.29 is 4.79 Å². The minimum absolute atomic E-state index is 0.167. The van der Waals surface area contributed by atoms with E-state index < -0.39 is 0 Å². The minimum atomic E-state index is 0.167. The third-order valence-electron chi connectivity index (χ3n) is 5.41. The zero-order valence-electron chi connectivity index (χ0n) is 15.5. The summed E-state index contributed by atoms with van der Waals surface area (Å²) in [6.07, 6.45) is 2.69. The number of nitrogens with one attached hydrogen (secondary N) is 1. The van der Waals surface area contributed by atoms with Crippen LogP contribution in [0.5, 0.6) is 0 Å². The van der Waals surface area contributed by atoms with Gasteiger partial charge < -0.3 is 15.1 Å². The molecule has 0 aliphatic carbocycles. The Morgan fingerprint density at radius 1 is 1.04 bits per heavy atom. The van der Waals surface area contributed by atoms with Gasteiger partial charge >= 0.3 is 0 Å². The summed E-state index contributed by atoms with van der Waals surface area (Å²) in [6, 6.07) is 0. The molecule has 1 N–H and O–H groups in total. The zero-order chi connectivity index (χ0) is 17.4. The zero-order valence-corrected chi connectivity index (χ0v) is 17.6.